The molecule has 0 aliphatic heterocycles. The van der Waals surface area contributed by atoms with E-state index in [9.17, 15) is 19.5 Å². The van der Waals surface area contributed by atoms with Crippen LogP contribution in [-0.4, -0.2) is 33.2 Å². The zero-order valence-corrected chi connectivity index (χ0v) is 19.3. The predicted molar refractivity (Wildman–Crippen MR) is 139 cm³/mol. The molecule has 172 valence electrons. The van der Waals surface area contributed by atoms with Gasteiger partial charge in [0.2, 0.25) is 5.91 Å². The van der Waals surface area contributed by atoms with Crippen molar-refractivity contribution in [1.29, 1.82) is 0 Å². The number of anilines is 1. The van der Waals surface area contributed by atoms with Crippen LogP contribution in [0, 0.1) is 0 Å². The topological polar surface area (TPSA) is 88.4 Å². The van der Waals surface area contributed by atoms with Crippen LogP contribution < -0.4 is 5.32 Å². The molecule has 35 heavy (non-hydrogen) atoms. The molecule has 1 heterocycles. The fourth-order valence-corrected chi connectivity index (χ4v) is 4.85. The van der Waals surface area contributed by atoms with Gasteiger partial charge in [0, 0.05) is 21.4 Å². The summed E-state index contributed by atoms with van der Waals surface area (Å²) in [5, 5.41) is 14.1. The van der Waals surface area contributed by atoms with Crippen molar-refractivity contribution >= 4 is 57.0 Å². The van der Waals surface area contributed by atoms with E-state index in [0.29, 0.717) is 5.69 Å². The van der Waals surface area contributed by atoms with Crippen molar-refractivity contribution in [3.63, 3.8) is 0 Å². The number of para-hydroxylation sites is 2. The molecule has 0 radical (unpaired) electrons. The van der Waals surface area contributed by atoms with Gasteiger partial charge in [-0.1, -0.05) is 48.5 Å². The highest BCUT2D eigenvalue weighted by Crippen LogP contribution is 2.30. The van der Waals surface area contributed by atoms with Gasteiger partial charge in [0.25, 0.3) is 5.91 Å². The standard InChI is InChI=1S/C28H20N2O4S/c31-26(30-24-11-5-3-7-20(24)21-8-4-6-12-25(21)30)17-35-19-15-13-18(14-16-19)29-27(32)22-9-1-2-10-23(22)28(33)34/h1-16H,17H2,(H,29,32)(H,33,34). The smallest absolute Gasteiger partial charge is 0.336 e. The van der Waals surface area contributed by atoms with Crippen LogP contribution in [0.4, 0.5) is 5.69 Å². The Hall–Kier alpha value is -4.36. The summed E-state index contributed by atoms with van der Waals surface area (Å²) >= 11 is 1.41. The van der Waals surface area contributed by atoms with Gasteiger partial charge in [-0.2, -0.15) is 0 Å². The van der Waals surface area contributed by atoms with E-state index in [1.807, 2.05) is 60.7 Å². The molecule has 1 amide bonds. The molecule has 0 aliphatic rings. The first-order valence-corrected chi connectivity index (χ1v) is 11.9. The van der Waals surface area contributed by atoms with E-state index in [2.05, 4.69) is 5.32 Å². The third kappa shape index (κ3) is 4.41. The van der Waals surface area contributed by atoms with Crippen molar-refractivity contribution in [2.45, 2.75) is 4.90 Å². The van der Waals surface area contributed by atoms with Gasteiger partial charge in [-0.3, -0.25) is 14.2 Å². The first-order valence-electron chi connectivity index (χ1n) is 10.9. The average Bonchev–Trinajstić information content (AvgIpc) is 3.22. The van der Waals surface area contributed by atoms with Gasteiger partial charge in [-0.15, -0.1) is 11.8 Å². The zero-order valence-electron chi connectivity index (χ0n) is 18.5. The third-order valence-electron chi connectivity index (χ3n) is 5.71. The summed E-state index contributed by atoms with van der Waals surface area (Å²) in [7, 11) is 0. The van der Waals surface area contributed by atoms with Crippen LogP contribution in [0.5, 0.6) is 0 Å². The largest absolute Gasteiger partial charge is 0.478 e. The number of nitrogens with one attached hydrogen (secondary N) is 1. The fourth-order valence-electron chi connectivity index (χ4n) is 4.10. The van der Waals surface area contributed by atoms with Gasteiger partial charge in [0.1, 0.15) is 0 Å². The van der Waals surface area contributed by atoms with Crippen molar-refractivity contribution in [3.05, 3.63) is 108 Å². The molecule has 0 aliphatic carbocycles. The minimum absolute atomic E-state index is 0.0185. The average molecular weight is 481 g/mol. The van der Waals surface area contributed by atoms with Gasteiger partial charge >= 0.3 is 5.97 Å². The molecule has 0 saturated heterocycles. The van der Waals surface area contributed by atoms with Gasteiger partial charge in [-0.25, -0.2) is 4.79 Å². The molecule has 0 spiro atoms. The third-order valence-corrected chi connectivity index (χ3v) is 6.70. The summed E-state index contributed by atoms with van der Waals surface area (Å²) in [5.74, 6) is -1.42. The molecule has 2 N–H and O–H groups in total. The van der Waals surface area contributed by atoms with E-state index in [-0.39, 0.29) is 22.8 Å². The number of fused-ring (bicyclic) bond motifs is 3. The van der Waals surface area contributed by atoms with E-state index >= 15 is 0 Å². The molecule has 0 unspecified atom stereocenters. The lowest BCUT2D eigenvalue weighted by molar-refractivity contribution is 0.0692. The minimum atomic E-state index is -1.16. The SMILES string of the molecule is O=C(O)c1ccccc1C(=O)Nc1ccc(SCC(=O)n2c3ccccc3c3ccccc32)cc1. The Balaban J connectivity index is 1.29. The maximum Gasteiger partial charge on any atom is 0.336 e. The van der Waals surface area contributed by atoms with Crippen LogP contribution in [0.1, 0.15) is 25.5 Å². The summed E-state index contributed by atoms with van der Waals surface area (Å²) in [6, 6.07) is 28.9. The number of aromatic carboxylic acids is 1. The summed E-state index contributed by atoms with van der Waals surface area (Å²) in [4.78, 5) is 38.0. The Labute approximate surface area is 205 Å². The van der Waals surface area contributed by atoms with Crippen LogP contribution in [0.2, 0.25) is 0 Å². The second-order valence-electron chi connectivity index (χ2n) is 7.88. The molecule has 0 saturated carbocycles. The van der Waals surface area contributed by atoms with Crippen LogP contribution in [0.15, 0.2) is 102 Å². The number of hydrogen-bond donors (Lipinski definition) is 2. The highest BCUT2D eigenvalue weighted by Gasteiger charge is 2.17. The van der Waals surface area contributed by atoms with Crippen LogP contribution in [-0.2, 0) is 0 Å². The van der Waals surface area contributed by atoms with Crippen LogP contribution in [0.3, 0.4) is 0 Å². The summed E-state index contributed by atoms with van der Waals surface area (Å²) in [5.41, 5.74) is 2.35. The Morgan fingerprint density at radius 3 is 1.86 bits per heavy atom. The van der Waals surface area contributed by atoms with Gasteiger partial charge in [0.15, 0.2) is 0 Å². The Kier molecular flexibility index (Phi) is 6.08. The van der Waals surface area contributed by atoms with Crippen molar-refractivity contribution in [1.82, 2.24) is 4.57 Å². The van der Waals surface area contributed by atoms with E-state index < -0.39 is 11.9 Å². The maximum atomic E-state index is 13.2. The Bertz CT molecular complexity index is 1540. The van der Waals surface area contributed by atoms with Crippen molar-refractivity contribution < 1.29 is 19.5 Å². The second kappa shape index (κ2) is 9.48. The summed E-state index contributed by atoms with van der Waals surface area (Å²) in [6.07, 6.45) is 0. The number of carboxylic acid groups (broad SMARTS) is 1. The predicted octanol–water partition coefficient (Wildman–Crippen LogP) is 6.18. The van der Waals surface area contributed by atoms with Gasteiger partial charge in [0.05, 0.1) is 27.9 Å². The molecule has 0 bridgehead atoms. The molecular formula is C28H20N2O4S. The molecule has 5 aromatic rings. The zero-order chi connectivity index (χ0) is 24.4. The highest BCUT2D eigenvalue weighted by molar-refractivity contribution is 8.00. The first-order chi connectivity index (χ1) is 17.0. The molecule has 6 nitrogen and oxygen atoms in total. The number of carbonyl (C=O) groups is 3. The van der Waals surface area contributed by atoms with Gasteiger partial charge < -0.3 is 10.4 Å². The molecule has 1 aromatic heterocycles. The Morgan fingerprint density at radius 2 is 1.26 bits per heavy atom. The lowest BCUT2D eigenvalue weighted by Crippen LogP contribution is -2.16. The number of carboxylic acids is 1. The number of nitrogens with zero attached hydrogens (tertiary/aromatic N) is 1. The molecule has 7 heteroatoms. The van der Waals surface area contributed by atoms with E-state index in [1.54, 1.807) is 28.8 Å². The van der Waals surface area contributed by atoms with Crippen molar-refractivity contribution in [2.24, 2.45) is 0 Å². The number of thioether (sulfide) groups is 1. The monoisotopic (exact) mass is 480 g/mol. The quantitative estimate of drug-likeness (QED) is 0.284. The highest BCUT2D eigenvalue weighted by atomic mass is 32.2. The maximum absolute atomic E-state index is 13.2. The fraction of sp³-hybridized carbons (Fsp3) is 0.0357. The lowest BCUT2D eigenvalue weighted by Gasteiger charge is -2.09. The summed E-state index contributed by atoms with van der Waals surface area (Å²) < 4.78 is 1.77. The molecule has 4 aromatic carbocycles. The number of rotatable bonds is 6. The van der Waals surface area contributed by atoms with E-state index in [1.165, 1.54) is 23.9 Å². The van der Waals surface area contributed by atoms with Crippen LogP contribution >= 0.6 is 11.8 Å². The lowest BCUT2D eigenvalue weighted by atomic mass is 10.1. The normalized spacial score (nSPS) is 11.0. The van der Waals surface area contributed by atoms with E-state index in [4.69, 9.17) is 0 Å². The molecule has 0 fully saturated rings. The van der Waals surface area contributed by atoms with Gasteiger partial charge in [-0.05, 0) is 48.5 Å². The number of amides is 1. The minimum Gasteiger partial charge on any atom is -0.478 e. The summed E-state index contributed by atoms with van der Waals surface area (Å²) in [6.45, 7) is 0. The van der Waals surface area contributed by atoms with E-state index in [0.717, 1.165) is 26.7 Å². The molecule has 5 rings (SSSR count). The van der Waals surface area contributed by atoms with Crippen molar-refractivity contribution in [3.8, 4) is 0 Å². The number of aromatic nitrogens is 1. The second-order valence-corrected chi connectivity index (χ2v) is 8.93. The van der Waals surface area contributed by atoms with Crippen LogP contribution in [0.25, 0.3) is 21.8 Å². The molecule has 0 atom stereocenters. The first kappa shape index (κ1) is 22.4. The number of benzene rings is 4. The van der Waals surface area contributed by atoms with Crippen molar-refractivity contribution in [2.75, 3.05) is 11.1 Å². The number of carbonyl (C=O) groups excluding carboxylic acids is 2. The molecular weight excluding hydrogens is 460 g/mol. The number of hydrogen-bond acceptors (Lipinski definition) is 4. The Morgan fingerprint density at radius 1 is 0.714 bits per heavy atom.